The van der Waals surface area contributed by atoms with Crippen LogP contribution in [0.25, 0.3) is 0 Å². The lowest BCUT2D eigenvalue weighted by Gasteiger charge is -2.31. The monoisotopic (exact) mass is 184 g/mol. The van der Waals surface area contributed by atoms with E-state index in [0.29, 0.717) is 0 Å². The van der Waals surface area contributed by atoms with Crippen molar-refractivity contribution in [3.8, 4) is 0 Å². The first-order valence-electron chi connectivity index (χ1n) is 4.57. The van der Waals surface area contributed by atoms with E-state index in [1.54, 1.807) is 6.08 Å². The first-order chi connectivity index (χ1) is 6.11. The molecule has 0 amide bonds. The second-order valence-electron chi connectivity index (χ2n) is 3.42. The summed E-state index contributed by atoms with van der Waals surface area (Å²) in [6.07, 6.45) is 3.42. The van der Waals surface area contributed by atoms with Crippen molar-refractivity contribution in [3.05, 3.63) is 12.7 Å². The van der Waals surface area contributed by atoms with Crippen LogP contribution < -0.4 is 0 Å². The van der Waals surface area contributed by atoms with E-state index in [9.17, 15) is 4.79 Å². The van der Waals surface area contributed by atoms with E-state index in [0.717, 1.165) is 12.8 Å². The minimum atomic E-state index is -0.220. The summed E-state index contributed by atoms with van der Waals surface area (Å²) in [5.41, 5.74) is 0. The van der Waals surface area contributed by atoms with Gasteiger partial charge in [-0.3, -0.25) is 4.79 Å². The lowest BCUT2D eigenvalue weighted by atomic mass is 10.0. The van der Waals surface area contributed by atoms with Crippen LogP contribution in [0.5, 0.6) is 0 Å². The third-order valence-corrected chi connectivity index (χ3v) is 2.09. The molecule has 1 heterocycles. The molecule has 0 saturated carbocycles. The van der Waals surface area contributed by atoms with Gasteiger partial charge in [0, 0.05) is 19.8 Å². The van der Waals surface area contributed by atoms with Gasteiger partial charge in [0.05, 0.1) is 12.2 Å². The van der Waals surface area contributed by atoms with Gasteiger partial charge in [0.15, 0.2) is 0 Å². The van der Waals surface area contributed by atoms with Crippen molar-refractivity contribution in [2.45, 2.75) is 45.0 Å². The Labute approximate surface area is 78.7 Å². The van der Waals surface area contributed by atoms with Gasteiger partial charge in [-0.25, -0.2) is 0 Å². The third kappa shape index (κ3) is 3.19. The van der Waals surface area contributed by atoms with Gasteiger partial charge < -0.3 is 9.47 Å². The summed E-state index contributed by atoms with van der Waals surface area (Å²) in [6, 6.07) is 0. The SMILES string of the molecule is C=C[C@@H]1C[C@@H](OC(C)=O)C[C@@H](C)O1. The highest BCUT2D eigenvalue weighted by Crippen LogP contribution is 2.22. The topological polar surface area (TPSA) is 35.5 Å². The predicted molar refractivity (Wildman–Crippen MR) is 49.3 cm³/mol. The second kappa shape index (κ2) is 4.42. The summed E-state index contributed by atoms with van der Waals surface area (Å²) >= 11 is 0. The smallest absolute Gasteiger partial charge is 0.302 e. The largest absolute Gasteiger partial charge is 0.462 e. The Balaban J connectivity index is 2.46. The summed E-state index contributed by atoms with van der Waals surface area (Å²) in [5, 5.41) is 0. The normalized spacial score (nSPS) is 33.8. The van der Waals surface area contributed by atoms with E-state index in [2.05, 4.69) is 6.58 Å². The maximum atomic E-state index is 10.7. The van der Waals surface area contributed by atoms with Crippen molar-refractivity contribution in [1.29, 1.82) is 0 Å². The molecule has 0 radical (unpaired) electrons. The maximum Gasteiger partial charge on any atom is 0.302 e. The van der Waals surface area contributed by atoms with Crippen LogP contribution in [0.2, 0.25) is 0 Å². The highest BCUT2D eigenvalue weighted by Gasteiger charge is 2.27. The number of hydrogen-bond donors (Lipinski definition) is 0. The van der Waals surface area contributed by atoms with Crippen molar-refractivity contribution in [2.24, 2.45) is 0 Å². The van der Waals surface area contributed by atoms with Gasteiger partial charge in [0.2, 0.25) is 0 Å². The Kier molecular flexibility index (Phi) is 3.48. The molecule has 3 atom stereocenters. The summed E-state index contributed by atoms with van der Waals surface area (Å²) in [5.74, 6) is -0.220. The van der Waals surface area contributed by atoms with Crippen LogP contribution in [0.4, 0.5) is 0 Å². The van der Waals surface area contributed by atoms with Crippen molar-refractivity contribution in [3.63, 3.8) is 0 Å². The van der Waals surface area contributed by atoms with E-state index in [1.165, 1.54) is 6.92 Å². The lowest BCUT2D eigenvalue weighted by Crippen LogP contribution is -2.35. The Morgan fingerprint density at radius 3 is 2.85 bits per heavy atom. The highest BCUT2D eigenvalue weighted by atomic mass is 16.6. The fourth-order valence-corrected chi connectivity index (χ4v) is 1.62. The Bertz CT molecular complexity index is 200. The Hall–Kier alpha value is -0.830. The van der Waals surface area contributed by atoms with Crippen LogP contribution in [-0.4, -0.2) is 24.3 Å². The number of rotatable bonds is 2. The van der Waals surface area contributed by atoms with Crippen LogP contribution in [0.3, 0.4) is 0 Å². The van der Waals surface area contributed by atoms with Crippen molar-refractivity contribution in [1.82, 2.24) is 0 Å². The summed E-state index contributed by atoms with van der Waals surface area (Å²) in [6.45, 7) is 7.08. The Morgan fingerprint density at radius 1 is 1.62 bits per heavy atom. The molecule has 13 heavy (non-hydrogen) atoms. The van der Waals surface area contributed by atoms with Gasteiger partial charge >= 0.3 is 5.97 Å². The third-order valence-electron chi connectivity index (χ3n) is 2.09. The van der Waals surface area contributed by atoms with E-state index < -0.39 is 0 Å². The van der Waals surface area contributed by atoms with Gasteiger partial charge in [0.25, 0.3) is 0 Å². The van der Waals surface area contributed by atoms with E-state index in [4.69, 9.17) is 9.47 Å². The molecule has 1 saturated heterocycles. The molecule has 3 heteroatoms. The molecule has 1 aliphatic heterocycles. The molecule has 0 bridgehead atoms. The molecule has 0 spiro atoms. The molecule has 0 aromatic rings. The van der Waals surface area contributed by atoms with Crippen LogP contribution in [-0.2, 0) is 14.3 Å². The van der Waals surface area contributed by atoms with Crippen molar-refractivity contribution in [2.75, 3.05) is 0 Å². The van der Waals surface area contributed by atoms with Gasteiger partial charge in [-0.05, 0) is 6.92 Å². The molecule has 0 N–H and O–H groups in total. The van der Waals surface area contributed by atoms with Gasteiger partial charge in [-0.15, -0.1) is 6.58 Å². The molecule has 0 aromatic heterocycles. The van der Waals surface area contributed by atoms with E-state index in [1.807, 2.05) is 6.92 Å². The quantitative estimate of drug-likeness (QED) is 0.483. The highest BCUT2D eigenvalue weighted by molar-refractivity contribution is 5.66. The summed E-state index contributed by atoms with van der Waals surface area (Å²) < 4.78 is 10.7. The average Bonchev–Trinajstić information content (AvgIpc) is 2.01. The number of carbonyl (C=O) groups excluding carboxylic acids is 1. The summed E-state index contributed by atoms with van der Waals surface area (Å²) in [4.78, 5) is 10.7. The van der Waals surface area contributed by atoms with Crippen LogP contribution in [0.1, 0.15) is 26.7 Å². The standard InChI is InChI=1S/C10H16O3/c1-4-9-6-10(13-8(3)11)5-7(2)12-9/h4,7,9-10H,1,5-6H2,2-3H3/t7-,9-,10+/m1/s1. The number of esters is 1. The number of ether oxygens (including phenoxy) is 2. The molecule has 0 aliphatic carbocycles. The molecule has 0 unspecified atom stereocenters. The predicted octanol–water partition coefficient (Wildman–Crippen LogP) is 1.67. The van der Waals surface area contributed by atoms with E-state index >= 15 is 0 Å². The first kappa shape index (κ1) is 10.3. The molecule has 3 nitrogen and oxygen atoms in total. The van der Waals surface area contributed by atoms with Crippen molar-refractivity contribution < 1.29 is 14.3 Å². The van der Waals surface area contributed by atoms with Gasteiger partial charge in [0.1, 0.15) is 6.10 Å². The zero-order valence-electron chi connectivity index (χ0n) is 8.16. The molecular formula is C10H16O3. The lowest BCUT2D eigenvalue weighted by molar-refractivity contribution is -0.155. The molecular weight excluding hydrogens is 168 g/mol. The minimum Gasteiger partial charge on any atom is -0.462 e. The molecule has 1 rings (SSSR count). The maximum absolute atomic E-state index is 10.7. The zero-order valence-corrected chi connectivity index (χ0v) is 8.16. The molecule has 1 aliphatic rings. The average molecular weight is 184 g/mol. The number of hydrogen-bond acceptors (Lipinski definition) is 3. The van der Waals surface area contributed by atoms with Crippen LogP contribution in [0, 0.1) is 0 Å². The fraction of sp³-hybridized carbons (Fsp3) is 0.700. The van der Waals surface area contributed by atoms with Crippen molar-refractivity contribution >= 4 is 5.97 Å². The second-order valence-corrected chi connectivity index (χ2v) is 3.42. The van der Waals surface area contributed by atoms with Crippen LogP contribution >= 0.6 is 0 Å². The van der Waals surface area contributed by atoms with Crippen LogP contribution in [0.15, 0.2) is 12.7 Å². The number of carbonyl (C=O) groups is 1. The minimum absolute atomic E-state index is 0.00995. The first-order valence-corrected chi connectivity index (χ1v) is 4.57. The zero-order chi connectivity index (χ0) is 9.84. The van der Waals surface area contributed by atoms with Gasteiger partial charge in [-0.1, -0.05) is 6.08 Å². The summed E-state index contributed by atoms with van der Waals surface area (Å²) in [7, 11) is 0. The molecule has 74 valence electrons. The molecule has 1 fully saturated rings. The van der Waals surface area contributed by atoms with Gasteiger partial charge in [-0.2, -0.15) is 0 Å². The molecule has 0 aromatic carbocycles. The fourth-order valence-electron chi connectivity index (χ4n) is 1.62. The van der Waals surface area contributed by atoms with E-state index in [-0.39, 0.29) is 24.3 Å². The Morgan fingerprint density at radius 2 is 2.31 bits per heavy atom.